The molecule has 6 rings (SSSR count). The number of likely N-dealkylation sites (tertiary alicyclic amines) is 1. The number of methoxy groups -OCH3 is 2. The van der Waals surface area contributed by atoms with Crippen molar-refractivity contribution in [3.8, 4) is 28.8 Å². The van der Waals surface area contributed by atoms with Gasteiger partial charge in [-0.05, 0) is 44.0 Å². The smallest absolute Gasteiger partial charge is 0.243 e. The molecule has 2 aliphatic rings. The molecular weight excluding hydrogens is 595 g/mol. The number of halogens is 1. The Bertz CT molecular complexity index is 1750. The normalized spacial score (nSPS) is 18.5. The number of nitrogens with zero attached hydrogens (tertiary/aromatic N) is 7. The SMILES string of the molecule is COc1cccc(OC)c1-n1c(NS(=O)(=O)[C@@H]2C[C@@H](C(=O)N3CCC3)CN(c3ncc(F)cn3)C2)nnc1-c1ccc(C)o1. The first-order chi connectivity index (χ1) is 21.2. The molecule has 2 fully saturated rings. The molecule has 0 bridgehead atoms. The lowest BCUT2D eigenvalue weighted by Crippen LogP contribution is -2.55. The molecule has 44 heavy (non-hydrogen) atoms. The number of aromatic nitrogens is 5. The van der Waals surface area contributed by atoms with Crippen LogP contribution in [0.1, 0.15) is 18.6 Å². The van der Waals surface area contributed by atoms with Gasteiger partial charge in [0.15, 0.2) is 11.6 Å². The van der Waals surface area contributed by atoms with E-state index >= 15 is 0 Å². The summed E-state index contributed by atoms with van der Waals surface area (Å²) >= 11 is 0. The Labute approximate surface area is 252 Å². The molecule has 4 aromatic rings. The average Bonchev–Trinajstić information content (AvgIpc) is 3.61. The lowest BCUT2D eigenvalue weighted by molar-refractivity contribution is -0.139. The first kappa shape index (κ1) is 29.3. The third-order valence-corrected chi connectivity index (χ3v) is 9.43. The van der Waals surface area contributed by atoms with Gasteiger partial charge >= 0.3 is 0 Å². The zero-order valence-electron chi connectivity index (χ0n) is 24.3. The number of hydrogen-bond acceptors (Lipinski definition) is 11. The van der Waals surface area contributed by atoms with E-state index < -0.39 is 27.0 Å². The van der Waals surface area contributed by atoms with Gasteiger partial charge in [-0.3, -0.25) is 14.1 Å². The van der Waals surface area contributed by atoms with Gasteiger partial charge in [-0.1, -0.05) is 6.07 Å². The number of rotatable bonds is 9. The maximum Gasteiger partial charge on any atom is 0.243 e. The van der Waals surface area contributed by atoms with E-state index in [9.17, 15) is 17.6 Å². The number of para-hydroxylation sites is 1. The number of carbonyl (C=O) groups is 1. The number of anilines is 2. The number of furan rings is 1. The van der Waals surface area contributed by atoms with Gasteiger partial charge in [0.2, 0.25) is 33.7 Å². The number of sulfonamides is 1. The van der Waals surface area contributed by atoms with Crippen molar-refractivity contribution in [1.29, 1.82) is 0 Å². The highest BCUT2D eigenvalue weighted by atomic mass is 32.2. The Morgan fingerprint density at radius 2 is 1.75 bits per heavy atom. The van der Waals surface area contributed by atoms with Crippen LogP contribution in [0.5, 0.6) is 11.5 Å². The second kappa shape index (κ2) is 11.7. The Kier molecular flexibility index (Phi) is 7.84. The van der Waals surface area contributed by atoms with Gasteiger partial charge in [0.05, 0.1) is 37.8 Å². The molecule has 0 spiro atoms. The number of piperidine rings is 1. The van der Waals surface area contributed by atoms with Crippen molar-refractivity contribution in [1.82, 2.24) is 29.6 Å². The molecule has 0 unspecified atom stereocenters. The van der Waals surface area contributed by atoms with Crippen molar-refractivity contribution < 1.29 is 31.5 Å². The second-order valence-electron chi connectivity index (χ2n) is 10.6. The monoisotopic (exact) mass is 626 g/mol. The van der Waals surface area contributed by atoms with Crippen molar-refractivity contribution >= 4 is 27.8 Å². The lowest BCUT2D eigenvalue weighted by atomic mass is 9.95. The van der Waals surface area contributed by atoms with Crippen molar-refractivity contribution in [3.05, 3.63) is 54.3 Å². The summed E-state index contributed by atoms with van der Waals surface area (Å²) < 4.78 is 62.9. The van der Waals surface area contributed by atoms with Gasteiger partial charge in [0, 0.05) is 26.2 Å². The Balaban J connectivity index is 1.40. The highest BCUT2D eigenvalue weighted by Gasteiger charge is 2.42. The van der Waals surface area contributed by atoms with E-state index in [0.717, 1.165) is 18.8 Å². The fourth-order valence-electron chi connectivity index (χ4n) is 5.42. The zero-order valence-corrected chi connectivity index (χ0v) is 25.1. The summed E-state index contributed by atoms with van der Waals surface area (Å²) in [5, 5.41) is 7.38. The molecule has 3 aromatic heterocycles. The predicted molar refractivity (Wildman–Crippen MR) is 157 cm³/mol. The molecule has 0 saturated carbocycles. The second-order valence-corrected chi connectivity index (χ2v) is 12.6. The number of benzene rings is 1. The maximum absolute atomic E-state index is 14.1. The minimum Gasteiger partial charge on any atom is -0.494 e. The summed E-state index contributed by atoms with van der Waals surface area (Å²) in [6.45, 7) is 3.17. The van der Waals surface area contributed by atoms with E-state index in [-0.39, 0.29) is 43.1 Å². The molecule has 2 saturated heterocycles. The molecular formula is C28H31FN8O6S. The highest BCUT2D eigenvalue weighted by Crippen LogP contribution is 2.38. The quantitative estimate of drug-likeness (QED) is 0.291. The zero-order chi connectivity index (χ0) is 31.0. The summed E-state index contributed by atoms with van der Waals surface area (Å²) in [5.74, 6) is 0.473. The van der Waals surface area contributed by atoms with E-state index in [0.29, 0.717) is 41.8 Å². The first-order valence-corrected chi connectivity index (χ1v) is 15.5. The molecule has 16 heteroatoms. The van der Waals surface area contributed by atoms with Crippen LogP contribution in [0.15, 0.2) is 47.1 Å². The molecule has 0 aliphatic carbocycles. The number of carbonyl (C=O) groups excluding carboxylic acids is 1. The molecule has 1 aromatic carbocycles. The third-order valence-electron chi connectivity index (χ3n) is 7.74. The number of ether oxygens (including phenoxy) is 2. The van der Waals surface area contributed by atoms with Gasteiger partial charge < -0.3 is 23.7 Å². The Morgan fingerprint density at radius 1 is 1.05 bits per heavy atom. The molecule has 1 N–H and O–H groups in total. The van der Waals surface area contributed by atoms with Gasteiger partial charge in [-0.25, -0.2) is 22.8 Å². The Hall–Kier alpha value is -4.73. The van der Waals surface area contributed by atoms with E-state index in [1.807, 2.05) is 0 Å². The predicted octanol–water partition coefficient (Wildman–Crippen LogP) is 2.65. The van der Waals surface area contributed by atoms with Crippen LogP contribution in [0.4, 0.5) is 16.3 Å². The van der Waals surface area contributed by atoms with Crippen LogP contribution in [0.2, 0.25) is 0 Å². The summed E-state index contributed by atoms with van der Waals surface area (Å²) in [7, 11) is -1.27. The highest BCUT2D eigenvalue weighted by molar-refractivity contribution is 7.93. The summed E-state index contributed by atoms with van der Waals surface area (Å²) in [5.41, 5.74) is 0.347. The topological polar surface area (TPSA) is 158 Å². The maximum atomic E-state index is 14.1. The van der Waals surface area contributed by atoms with E-state index in [1.165, 1.54) is 18.8 Å². The van der Waals surface area contributed by atoms with Crippen LogP contribution in [-0.2, 0) is 14.8 Å². The lowest BCUT2D eigenvalue weighted by Gasteiger charge is -2.40. The molecule has 2 aliphatic heterocycles. The van der Waals surface area contributed by atoms with Gasteiger partial charge in [-0.15, -0.1) is 10.2 Å². The molecule has 1 amide bonds. The van der Waals surface area contributed by atoms with Crippen LogP contribution in [0.25, 0.3) is 17.3 Å². The third kappa shape index (κ3) is 5.52. The van der Waals surface area contributed by atoms with E-state index in [1.54, 1.807) is 47.1 Å². The van der Waals surface area contributed by atoms with Gasteiger partial charge in [0.25, 0.3) is 0 Å². The number of nitrogens with one attached hydrogen (secondary N) is 1. The number of aryl methyl sites for hydroxylation is 1. The number of hydrogen-bond donors (Lipinski definition) is 1. The van der Waals surface area contributed by atoms with Crippen molar-refractivity contribution in [2.24, 2.45) is 5.92 Å². The molecule has 232 valence electrons. The van der Waals surface area contributed by atoms with Crippen LogP contribution in [0.3, 0.4) is 0 Å². The summed E-state index contributed by atoms with van der Waals surface area (Å²) in [6, 6.07) is 8.57. The van der Waals surface area contributed by atoms with Crippen molar-refractivity contribution in [3.63, 3.8) is 0 Å². The minimum atomic E-state index is -4.23. The average molecular weight is 627 g/mol. The van der Waals surface area contributed by atoms with Crippen LogP contribution >= 0.6 is 0 Å². The van der Waals surface area contributed by atoms with E-state index in [4.69, 9.17) is 13.9 Å². The van der Waals surface area contributed by atoms with E-state index in [2.05, 4.69) is 24.9 Å². The number of amides is 1. The summed E-state index contributed by atoms with van der Waals surface area (Å²) in [4.78, 5) is 24.7. The van der Waals surface area contributed by atoms with Crippen LogP contribution < -0.4 is 19.1 Å². The molecule has 0 radical (unpaired) electrons. The van der Waals surface area contributed by atoms with Crippen LogP contribution in [0, 0.1) is 18.7 Å². The summed E-state index contributed by atoms with van der Waals surface area (Å²) in [6.07, 6.45) is 2.96. The largest absolute Gasteiger partial charge is 0.494 e. The van der Waals surface area contributed by atoms with Gasteiger partial charge in [0.1, 0.15) is 22.9 Å². The van der Waals surface area contributed by atoms with Gasteiger partial charge in [-0.2, -0.15) is 0 Å². The Morgan fingerprint density at radius 3 is 2.34 bits per heavy atom. The molecule has 5 heterocycles. The standard InChI is InChI=1S/C28H31FN8O6S/c1-17-8-9-23(43-17)25-32-33-28(37(25)24-21(41-2)6-4-7-22(24)42-3)34-44(39,40)20-12-18(26(38)35-10-5-11-35)15-36(16-20)27-30-13-19(29)14-31-27/h4,6-9,13-14,18,20H,5,10-12,15-16H2,1-3H3,(H,33,34)/t18-,20-/m1/s1. The first-order valence-electron chi connectivity index (χ1n) is 13.9. The molecule has 2 atom stereocenters. The minimum absolute atomic E-state index is 0.0406. The fraction of sp³-hybridized carbons (Fsp3) is 0.393. The van der Waals surface area contributed by atoms with Crippen molar-refractivity contribution in [2.75, 3.05) is 50.0 Å². The van der Waals surface area contributed by atoms with Crippen molar-refractivity contribution in [2.45, 2.75) is 25.0 Å². The fourth-order valence-corrected chi connectivity index (χ4v) is 6.84. The molecule has 14 nitrogen and oxygen atoms in total. The van der Waals surface area contributed by atoms with Crippen LogP contribution in [-0.4, -0.2) is 89.6 Å².